The molecule has 0 spiro atoms. The van der Waals surface area contributed by atoms with Gasteiger partial charge in [-0.2, -0.15) is 0 Å². The lowest BCUT2D eigenvalue weighted by Gasteiger charge is -2.13. The van der Waals surface area contributed by atoms with Crippen LogP contribution in [0.1, 0.15) is 38.1 Å². The predicted octanol–water partition coefficient (Wildman–Crippen LogP) is 3.57. The van der Waals surface area contributed by atoms with E-state index in [0.717, 1.165) is 11.3 Å². The fraction of sp³-hybridized carbons (Fsp3) is 0.429. The highest BCUT2D eigenvalue weighted by Gasteiger charge is 2.12. The van der Waals surface area contributed by atoms with Crippen LogP contribution in [-0.4, -0.2) is 16.8 Å². The molecule has 0 radical (unpaired) electrons. The Hall–Kier alpha value is -1.84. The molecule has 0 saturated heterocycles. The van der Waals surface area contributed by atoms with Crippen LogP contribution < -0.4 is 4.74 Å². The molecule has 4 heteroatoms. The lowest BCUT2D eigenvalue weighted by atomic mass is 10.0. The Bertz CT molecular complexity index is 532. The molecule has 4 nitrogen and oxygen atoms in total. The van der Waals surface area contributed by atoms with Crippen molar-refractivity contribution in [2.24, 2.45) is 0 Å². The molecular weight excluding hydrogens is 228 g/mol. The molecule has 0 aliphatic heterocycles. The molecule has 1 aromatic heterocycles. The summed E-state index contributed by atoms with van der Waals surface area (Å²) in [5.41, 5.74) is 2.08. The van der Waals surface area contributed by atoms with Gasteiger partial charge in [-0.15, -0.1) is 10.2 Å². The second-order valence-corrected chi connectivity index (χ2v) is 4.47. The van der Waals surface area contributed by atoms with E-state index in [9.17, 15) is 0 Å². The molecule has 1 heterocycles. The summed E-state index contributed by atoms with van der Waals surface area (Å²) in [5.74, 6) is 2.41. The molecule has 2 aromatic rings. The van der Waals surface area contributed by atoms with Crippen molar-refractivity contribution in [3.8, 4) is 17.2 Å². The average molecular weight is 246 g/mol. The molecule has 96 valence electrons. The van der Waals surface area contributed by atoms with Crippen LogP contribution in [0.15, 0.2) is 22.6 Å². The van der Waals surface area contributed by atoms with Gasteiger partial charge in [-0.05, 0) is 30.5 Å². The summed E-state index contributed by atoms with van der Waals surface area (Å²) >= 11 is 0. The number of hydrogen-bond donors (Lipinski definition) is 0. The van der Waals surface area contributed by atoms with Crippen LogP contribution in [0.3, 0.4) is 0 Å². The van der Waals surface area contributed by atoms with E-state index in [-0.39, 0.29) is 0 Å². The maximum Gasteiger partial charge on any atom is 0.247 e. The smallest absolute Gasteiger partial charge is 0.247 e. The summed E-state index contributed by atoms with van der Waals surface area (Å²) in [4.78, 5) is 0. The second-order valence-electron chi connectivity index (χ2n) is 4.47. The zero-order chi connectivity index (χ0) is 13.1. The number of hydrogen-bond acceptors (Lipinski definition) is 4. The molecule has 18 heavy (non-hydrogen) atoms. The van der Waals surface area contributed by atoms with E-state index in [0.29, 0.717) is 24.3 Å². The van der Waals surface area contributed by atoms with Crippen molar-refractivity contribution in [3.63, 3.8) is 0 Å². The monoisotopic (exact) mass is 246 g/mol. The fourth-order valence-electron chi connectivity index (χ4n) is 1.84. The Morgan fingerprint density at radius 1 is 1.28 bits per heavy atom. The molecular formula is C14H18N2O2. The molecule has 0 unspecified atom stereocenters. The number of ether oxygens (including phenoxy) is 1. The SMILES string of the molecule is CCOc1cc(-c2nnc(C)o2)ccc1C(C)C. The van der Waals surface area contributed by atoms with Crippen molar-refractivity contribution in [2.75, 3.05) is 6.61 Å². The van der Waals surface area contributed by atoms with Crippen molar-refractivity contribution in [3.05, 3.63) is 29.7 Å². The summed E-state index contributed by atoms with van der Waals surface area (Å²) in [5, 5.41) is 7.86. The van der Waals surface area contributed by atoms with Crippen LogP contribution >= 0.6 is 0 Å². The summed E-state index contributed by atoms with van der Waals surface area (Å²) in [6.07, 6.45) is 0. The van der Waals surface area contributed by atoms with Gasteiger partial charge in [-0.1, -0.05) is 19.9 Å². The Balaban J connectivity index is 2.42. The minimum absolute atomic E-state index is 0.421. The Kier molecular flexibility index (Phi) is 3.65. The maximum atomic E-state index is 5.68. The van der Waals surface area contributed by atoms with Crippen LogP contribution in [0.25, 0.3) is 11.5 Å². The van der Waals surface area contributed by atoms with Gasteiger partial charge in [0.15, 0.2) is 0 Å². The standard InChI is InChI=1S/C14H18N2O2/c1-5-17-13-8-11(6-7-12(13)9(2)3)14-16-15-10(4)18-14/h6-9H,5H2,1-4H3. The molecule has 0 N–H and O–H groups in total. The highest BCUT2D eigenvalue weighted by atomic mass is 16.5. The van der Waals surface area contributed by atoms with Gasteiger partial charge >= 0.3 is 0 Å². The van der Waals surface area contributed by atoms with E-state index >= 15 is 0 Å². The molecule has 0 atom stereocenters. The molecule has 0 amide bonds. The van der Waals surface area contributed by atoms with Crippen molar-refractivity contribution < 1.29 is 9.15 Å². The van der Waals surface area contributed by atoms with Crippen LogP contribution in [0.4, 0.5) is 0 Å². The summed E-state index contributed by atoms with van der Waals surface area (Å²) < 4.78 is 11.1. The Morgan fingerprint density at radius 2 is 2.06 bits per heavy atom. The minimum Gasteiger partial charge on any atom is -0.494 e. The molecule has 0 aliphatic rings. The van der Waals surface area contributed by atoms with Gasteiger partial charge in [-0.3, -0.25) is 0 Å². The zero-order valence-electron chi connectivity index (χ0n) is 11.2. The summed E-state index contributed by atoms with van der Waals surface area (Å²) in [7, 11) is 0. The summed E-state index contributed by atoms with van der Waals surface area (Å²) in [6, 6.07) is 6.02. The number of aryl methyl sites for hydroxylation is 1. The summed E-state index contributed by atoms with van der Waals surface area (Å²) in [6.45, 7) is 8.70. The van der Waals surface area contributed by atoms with E-state index in [4.69, 9.17) is 9.15 Å². The lowest BCUT2D eigenvalue weighted by molar-refractivity contribution is 0.335. The topological polar surface area (TPSA) is 48.2 Å². The van der Waals surface area contributed by atoms with Crippen molar-refractivity contribution in [1.82, 2.24) is 10.2 Å². The number of nitrogens with zero attached hydrogens (tertiary/aromatic N) is 2. The Labute approximate surface area is 107 Å². The third kappa shape index (κ3) is 2.53. The van der Waals surface area contributed by atoms with Gasteiger partial charge in [0.25, 0.3) is 0 Å². The normalized spacial score (nSPS) is 10.9. The molecule has 2 rings (SSSR count). The van der Waals surface area contributed by atoms with Gasteiger partial charge < -0.3 is 9.15 Å². The lowest BCUT2D eigenvalue weighted by Crippen LogP contribution is -1.98. The fourth-order valence-corrected chi connectivity index (χ4v) is 1.84. The first kappa shape index (κ1) is 12.6. The molecule has 1 aromatic carbocycles. The number of aromatic nitrogens is 2. The quantitative estimate of drug-likeness (QED) is 0.827. The zero-order valence-corrected chi connectivity index (χ0v) is 11.2. The molecule has 0 aliphatic carbocycles. The van der Waals surface area contributed by atoms with Crippen molar-refractivity contribution in [2.45, 2.75) is 33.6 Å². The van der Waals surface area contributed by atoms with Crippen molar-refractivity contribution in [1.29, 1.82) is 0 Å². The van der Waals surface area contributed by atoms with Crippen LogP contribution in [0, 0.1) is 6.92 Å². The average Bonchev–Trinajstić information content (AvgIpc) is 2.76. The van der Waals surface area contributed by atoms with E-state index in [1.165, 1.54) is 5.56 Å². The third-order valence-electron chi connectivity index (χ3n) is 2.71. The predicted molar refractivity (Wildman–Crippen MR) is 69.7 cm³/mol. The maximum absolute atomic E-state index is 5.68. The molecule has 0 saturated carbocycles. The van der Waals surface area contributed by atoms with Crippen LogP contribution in [0.2, 0.25) is 0 Å². The largest absolute Gasteiger partial charge is 0.494 e. The molecule has 0 bridgehead atoms. The van der Waals surface area contributed by atoms with Crippen LogP contribution in [-0.2, 0) is 0 Å². The minimum atomic E-state index is 0.421. The number of rotatable bonds is 4. The van der Waals surface area contributed by atoms with Gasteiger partial charge in [0.05, 0.1) is 6.61 Å². The second kappa shape index (κ2) is 5.21. The van der Waals surface area contributed by atoms with Crippen LogP contribution in [0.5, 0.6) is 5.75 Å². The van der Waals surface area contributed by atoms with E-state index in [1.54, 1.807) is 6.92 Å². The Morgan fingerprint density at radius 3 is 2.61 bits per heavy atom. The van der Waals surface area contributed by atoms with Gasteiger partial charge in [0.2, 0.25) is 11.8 Å². The first-order valence-electron chi connectivity index (χ1n) is 6.19. The van der Waals surface area contributed by atoms with E-state index < -0.39 is 0 Å². The van der Waals surface area contributed by atoms with Gasteiger partial charge in [-0.25, -0.2) is 0 Å². The first-order valence-corrected chi connectivity index (χ1v) is 6.19. The third-order valence-corrected chi connectivity index (χ3v) is 2.71. The van der Waals surface area contributed by atoms with Gasteiger partial charge in [0, 0.05) is 12.5 Å². The highest BCUT2D eigenvalue weighted by molar-refractivity contribution is 5.58. The first-order chi connectivity index (χ1) is 8.61. The van der Waals surface area contributed by atoms with E-state index in [1.807, 2.05) is 19.1 Å². The number of benzene rings is 1. The highest BCUT2D eigenvalue weighted by Crippen LogP contribution is 2.31. The van der Waals surface area contributed by atoms with Crippen molar-refractivity contribution >= 4 is 0 Å². The van der Waals surface area contributed by atoms with Gasteiger partial charge in [0.1, 0.15) is 5.75 Å². The van der Waals surface area contributed by atoms with E-state index in [2.05, 4.69) is 30.1 Å². The molecule has 0 fully saturated rings.